The summed E-state index contributed by atoms with van der Waals surface area (Å²) in [6, 6.07) is 7.53. The van der Waals surface area contributed by atoms with Gasteiger partial charge in [-0.1, -0.05) is 23.4 Å². The zero-order valence-electron chi connectivity index (χ0n) is 10.1. The summed E-state index contributed by atoms with van der Waals surface area (Å²) in [5, 5.41) is 13.5. The van der Waals surface area contributed by atoms with Crippen LogP contribution >= 0.6 is 23.4 Å². The van der Waals surface area contributed by atoms with E-state index in [2.05, 4.69) is 5.10 Å². The lowest BCUT2D eigenvalue weighted by atomic mass is 10.2. The van der Waals surface area contributed by atoms with E-state index < -0.39 is 0 Å². The van der Waals surface area contributed by atoms with Gasteiger partial charge in [-0.2, -0.15) is 5.10 Å². The standard InChI is InChI=1S/C12H13ClN4S/c1-7-10(11(14)15)12(17(2)16-7)18-9-5-3-8(13)4-6-9/h3-6H,1-2H3,(H3,14,15). The van der Waals surface area contributed by atoms with E-state index in [9.17, 15) is 0 Å². The van der Waals surface area contributed by atoms with Gasteiger partial charge in [0.25, 0.3) is 0 Å². The van der Waals surface area contributed by atoms with Crippen molar-refractivity contribution in [2.24, 2.45) is 12.8 Å². The number of rotatable bonds is 3. The van der Waals surface area contributed by atoms with E-state index in [1.807, 2.05) is 38.2 Å². The van der Waals surface area contributed by atoms with Crippen LogP contribution in [0.2, 0.25) is 5.02 Å². The van der Waals surface area contributed by atoms with E-state index >= 15 is 0 Å². The van der Waals surface area contributed by atoms with Crippen LogP contribution in [0, 0.1) is 12.3 Å². The maximum Gasteiger partial charge on any atom is 0.127 e. The number of hydrogen-bond donors (Lipinski definition) is 2. The predicted molar refractivity (Wildman–Crippen MR) is 74.5 cm³/mol. The highest BCUT2D eigenvalue weighted by molar-refractivity contribution is 7.99. The van der Waals surface area contributed by atoms with Crippen molar-refractivity contribution < 1.29 is 0 Å². The van der Waals surface area contributed by atoms with Crippen molar-refractivity contribution in [2.75, 3.05) is 0 Å². The summed E-state index contributed by atoms with van der Waals surface area (Å²) in [4.78, 5) is 1.03. The molecular formula is C12H13ClN4S. The van der Waals surface area contributed by atoms with E-state index in [4.69, 9.17) is 22.7 Å². The molecule has 0 radical (unpaired) electrons. The first-order chi connectivity index (χ1) is 8.49. The maximum absolute atomic E-state index is 7.62. The van der Waals surface area contributed by atoms with Crippen LogP contribution in [0.1, 0.15) is 11.3 Å². The highest BCUT2D eigenvalue weighted by Gasteiger charge is 2.16. The zero-order chi connectivity index (χ0) is 13.3. The molecule has 1 aromatic carbocycles. The summed E-state index contributed by atoms with van der Waals surface area (Å²) >= 11 is 7.37. The van der Waals surface area contributed by atoms with Gasteiger partial charge in [-0.05, 0) is 31.2 Å². The van der Waals surface area contributed by atoms with E-state index in [0.717, 1.165) is 15.6 Å². The molecule has 0 saturated carbocycles. The Morgan fingerprint density at radius 1 is 1.39 bits per heavy atom. The Bertz CT molecular complexity index is 589. The number of benzene rings is 1. The minimum Gasteiger partial charge on any atom is -0.384 e. The fourth-order valence-electron chi connectivity index (χ4n) is 1.68. The topological polar surface area (TPSA) is 67.7 Å². The van der Waals surface area contributed by atoms with Crippen molar-refractivity contribution in [1.29, 1.82) is 5.41 Å². The van der Waals surface area contributed by atoms with E-state index in [1.54, 1.807) is 4.68 Å². The third-order valence-electron chi connectivity index (χ3n) is 2.47. The van der Waals surface area contributed by atoms with Crippen molar-refractivity contribution in [1.82, 2.24) is 9.78 Å². The molecule has 1 heterocycles. The van der Waals surface area contributed by atoms with Crippen LogP contribution in [0.5, 0.6) is 0 Å². The van der Waals surface area contributed by atoms with Gasteiger partial charge in [-0.15, -0.1) is 0 Å². The van der Waals surface area contributed by atoms with Gasteiger partial charge in [0.1, 0.15) is 10.9 Å². The van der Waals surface area contributed by atoms with Gasteiger partial charge in [0.2, 0.25) is 0 Å². The average Bonchev–Trinajstić information content (AvgIpc) is 2.57. The molecule has 0 bridgehead atoms. The first-order valence-corrected chi connectivity index (χ1v) is 6.50. The van der Waals surface area contributed by atoms with Crippen LogP contribution in [-0.4, -0.2) is 15.6 Å². The van der Waals surface area contributed by atoms with Crippen LogP contribution in [0.3, 0.4) is 0 Å². The summed E-state index contributed by atoms with van der Waals surface area (Å²) in [5.41, 5.74) is 7.06. The number of amidine groups is 1. The van der Waals surface area contributed by atoms with Crippen molar-refractivity contribution in [3.8, 4) is 0 Å². The quantitative estimate of drug-likeness (QED) is 0.671. The third-order valence-corrected chi connectivity index (χ3v) is 3.89. The van der Waals surface area contributed by atoms with Gasteiger partial charge >= 0.3 is 0 Å². The molecule has 0 amide bonds. The molecule has 0 aliphatic rings. The third kappa shape index (κ3) is 2.52. The summed E-state index contributed by atoms with van der Waals surface area (Å²) < 4.78 is 1.74. The smallest absolute Gasteiger partial charge is 0.127 e. The Morgan fingerprint density at radius 3 is 2.56 bits per heavy atom. The Balaban J connectivity index is 2.39. The molecular weight excluding hydrogens is 268 g/mol. The average molecular weight is 281 g/mol. The van der Waals surface area contributed by atoms with Gasteiger partial charge in [-0.3, -0.25) is 10.1 Å². The number of hydrogen-bond acceptors (Lipinski definition) is 3. The molecule has 0 unspecified atom stereocenters. The SMILES string of the molecule is Cc1nn(C)c(Sc2ccc(Cl)cc2)c1C(=N)N. The van der Waals surface area contributed by atoms with Crippen LogP contribution in [0.25, 0.3) is 0 Å². The molecule has 3 N–H and O–H groups in total. The minimum absolute atomic E-state index is 0.0389. The van der Waals surface area contributed by atoms with Crippen molar-refractivity contribution in [2.45, 2.75) is 16.8 Å². The monoisotopic (exact) mass is 280 g/mol. The largest absolute Gasteiger partial charge is 0.384 e. The van der Waals surface area contributed by atoms with Crippen LogP contribution < -0.4 is 5.73 Å². The number of aryl methyl sites for hydroxylation is 2. The number of aromatic nitrogens is 2. The summed E-state index contributed by atoms with van der Waals surface area (Å²) in [5.74, 6) is 0.0389. The maximum atomic E-state index is 7.62. The lowest BCUT2D eigenvalue weighted by molar-refractivity contribution is 0.692. The molecule has 4 nitrogen and oxygen atoms in total. The lowest BCUT2D eigenvalue weighted by Gasteiger charge is -2.05. The Hall–Kier alpha value is -1.46. The van der Waals surface area contributed by atoms with E-state index in [-0.39, 0.29) is 5.84 Å². The van der Waals surface area contributed by atoms with Gasteiger partial charge in [0.05, 0.1) is 11.3 Å². The van der Waals surface area contributed by atoms with E-state index in [0.29, 0.717) is 10.6 Å². The Labute approximate surface area is 115 Å². The first kappa shape index (κ1) is 13.0. The Morgan fingerprint density at radius 2 is 2.00 bits per heavy atom. The number of nitrogens with zero attached hydrogens (tertiary/aromatic N) is 2. The summed E-state index contributed by atoms with van der Waals surface area (Å²) in [7, 11) is 1.84. The molecule has 0 saturated heterocycles. The molecule has 0 aliphatic carbocycles. The van der Waals surface area contributed by atoms with Gasteiger partial charge < -0.3 is 5.73 Å². The second kappa shape index (κ2) is 5.04. The normalized spacial score (nSPS) is 10.6. The second-order valence-corrected chi connectivity index (χ2v) is 5.36. The zero-order valence-corrected chi connectivity index (χ0v) is 11.6. The number of nitrogen functional groups attached to an aromatic ring is 1. The van der Waals surface area contributed by atoms with Crippen LogP contribution in [-0.2, 0) is 7.05 Å². The molecule has 0 spiro atoms. The van der Waals surface area contributed by atoms with Gasteiger partial charge in [0.15, 0.2) is 0 Å². The molecule has 1 aromatic heterocycles. The van der Waals surface area contributed by atoms with Crippen molar-refractivity contribution >= 4 is 29.2 Å². The fraction of sp³-hybridized carbons (Fsp3) is 0.167. The highest BCUT2D eigenvalue weighted by atomic mass is 35.5. The molecule has 0 fully saturated rings. The highest BCUT2D eigenvalue weighted by Crippen LogP contribution is 2.31. The summed E-state index contributed by atoms with van der Waals surface area (Å²) in [6.45, 7) is 1.85. The molecule has 2 aromatic rings. The van der Waals surface area contributed by atoms with Crippen LogP contribution in [0.4, 0.5) is 0 Å². The fourth-order valence-corrected chi connectivity index (χ4v) is 2.83. The first-order valence-electron chi connectivity index (χ1n) is 5.30. The summed E-state index contributed by atoms with van der Waals surface area (Å²) in [6.07, 6.45) is 0. The van der Waals surface area contributed by atoms with Gasteiger partial charge in [0, 0.05) is 17.0 Å². The number of nitrogens with two attached hydrogens (primary N) is 1. The minimum atomic E-state index is 0.0389. The predicted octanol–water partition coefficient (Wildman–Crippen LogP) is 2.82. The molecule has 0 atom stereocenters. The second-order valence-electron chi connectivity index (χ2n) is 3.86. The molecule has 6 heteroatoms. The van der Waals surface area contributed by atoms with E-state index in [1.165, 1.54) is 11.8 Å². The van der Waals surface area contributed by atoms with Gasteiger partial charge in [-0.25, -0.2) is 0 Å². The lowest BCUT2D eigenvalue weighted by Crippen LogP contribution is -2.13. The Kier molecular flexibility index (Phi) is 3.63. The van der Waals surface area contributed by atoms with Crippen LogP contribution in [0.15, 0.2) is 34.2 Å². The number of nitrogens with one attached hydrogen (secondary N) is 1. The van der Waals surface area contributed by atoms with Crippen molar-refractivity contribution in [3.05, 3.63) is 40.5 Å². The molecule has 94 valence electrons. The number of halogens is 1. The van der Waals surface area contributed by atoms with Crippen molar-refractivity contribution in [3.63, 3.8) is 0 Å². The molecule has 18 heavy (non-hydrogen) atoms. The molecule has 2 rings (SSSR count). The molecule has 0 aliphatic heterocycles.